The Hall–Kier alpha value is -2.54. The van der Waals surface area contributed by atoms with Crippen LogP contribution in [0.1, 0.15) is 17.5 Å². The molecule has 1 nitrogen and oxygen atoms in total. The number of hydrogen-bond donors (Lipinski definition) is 0. The third-order valence-electron chi connectivity index (χ3n) is 3.11. The molecule has 0 aliphatic rings. The molecule has 21 heavy (non-hydrogen) atoms. The number of halogens is 3. The number of aryl methyl sites for hydroxylation is 1. The van der Waals surface area contributed by atoms with E-state index in [2.05, 4.69) is 0 Å². The van der Waals surface area contributed by atoms with Crippen LogP contribution in [-0.2, 0) is 6.42 Å². The summed E-state index contributed by atoms with van der Waals surface area (Å²) < 4.78 is 37.4. The van der Waals surface area contributed by atoms with Crippen molar-refractivity contribution in [2.45, 2.75) is 12.8 Å². The summed E-state index contributed by atoms with van der Waals surface area (Å²) in [7, 11) is 0. The van der Waals surface area contributed by atoms with Gasteiger partial charge in [0, 0.05) is 0 Å². The Morgan fingerprint density at radius 1 is 1.05 bits per heavy atom. The van der Waals surface area contributed by atoms with Crippen LogP contribution < -0.4 is 0 Å². The molecule has 0 aliphatic heterocycles. The Kier molecular flexibility index (Phi) is 4.78. The van der Waals surface area contributed by atoms with Crippen molar-refractivity contribution in [2.24, 2.45) is 0 Å². The lowest BCUT2D eigenvalue weighted by Crippen LogP contribution is -1.87. The first-order valence-corrected chi connectivity index (χ1v) is 6.40. The average Bonchev–Trinajstić information content (AvgIpc) is 2.47. The zero-order valence-electron chi connectivity index (χ0n) is 11.1. The molecule has 0 bridgehead atoms. The quantitative estimate of drug-likeness (QED) is 0.769. The van der Waals surface area contributed by atoms with E-state index in [0.29, 0.717) is 12.0 Å². The normalized spacial score (nSPS) is 10.0. The molecule has 0 N–H and O–H groups in total. The van der Waals surface area contributed by atoms with Crippen LogP contribution in [0.3, 0.4) is 0 Å². The predicted molar refractivity (Wildman–Crippen MR) is 75.2 cm³/mol. The molecular formula is C17H12F3N. The summed E-state index contributed by atoms with van der Waals surface area (Å²) in [5.41, 5.74) is 2.43. The third-order valence-corrected chi connectivity index (χ3v) is 3.11. The van der Waals surface area contributed by atoms with Gasteiger partial charge in [-0.15, -0.1) is 0 Å². The minimum absolute atomic E-state index is 0.00964. The highest BCUT2D eigenvalue weighted by Crippen LogP contribution is 2.22. The first kappa shape index (κ1) is 14.9. The molecule has 0 radical (unpaired) electrons. The zero-order valence-corrected chi connectivity index (χ0v) is 11.1. The van der Waals surface area contributed by atoms with Crippen LogP contribution in [0.4, 0.5) is 13.2 Å². The van der Waals surface area contributed by atoms with Crippen molar-refractivity contribution < 1.29 is 13.2 Å². The molecule has 0 amide bonds. The predicted octanol–water partition coefficient (Wildman–Crippen LogP) is 5.08. The van der Waals surface area contributed by atoms with Crippen molar-refractivity contribution in [3.63, 3.8) is 0 Å². The number of rotatable bonds is 4. The van der Waals surface area contributed by atoms with Gasteiger partial charge in [-0.2, -0.15) is 14.0 Å². The Morgan fingerprint density at radius 2 is 1.71 bits per heavy atom. The smallest absolute Gasteiger partial charge is 0.206 e. The lowest BCUT2D eigenvalue weighted by Gasteiger charge is -2.05. The summed E-state index contributed by atoms with van der Waals surface area (Å²) in [6.07, 6.45) is 0.0378. The van der Waals surface area contributed by atoms with Crippen LogP contribution in [-0.4, -0.2) is 0 Å². The van der Waals surface area contributed by atoms with Crippen molar-refractivity contribution in [1.29, 1.82) is 5.26 Å². The van der Waals surface area contributed by atoms with Crippen molar-refractivity contribution in [3.8, 4) is 17.2 Å². The SMILES string of the molecule is N#Cc1ccc(-c2ccc(CCC=C(F)F)cc2)cc1F. The molecule has 0 aromatic heterocycles. The second-order valence-electron chi connectivity index (χ2n) is 4.54. The van der Waals surface area contributed by atoms with Crippen molar-refractivity contribution in [2.75, 3.05) is 0 Å². The minimum atomic E-state index is -1.67. The van der Waals surface area contributed by atoms with Crippen LogP contribution in [0.2, 0.25) is 0 Å². The molecule has 0 atom stereocenters. The van der Waals surface area contributed by atoms with E-state index < -0.39 is 11.9 Å². The monoisotopic (exact) mass is 287 g/mol. The maximum atomic E-state index is 13.6. The van der Waals surface area contributed by atoms with Gasteiger partial charge in [-0.25, -0.2) is 4.39 Å². The van der Waals surface area contributed by atoms with E-state index in [1.165, 1.54) is 12.1 Å². The Balaban J connectivity index is 2.14. The van der Waals surface area contributed by atoms with Crippen LogP contribution in [0.15, 0.2) is 54.6 Å². The Morgan fingerprint density at radius 3 is 2.29 bits per heavy atom. The maximum Gasteiger partial charge on any atom is 0.266 e. The summed E-state index contributed by atoms with van der Waals surface area (Å²) in [4.78, 5) is 0. The highest BCUT2D eigenvalue weighted by Gasteiger charge is 2.04. The molecule has 106 valence electrons. The fraction of sp³-hybridized carbons (Fsp3) is 0.118. The second kappa shape index (κ2) is 6.76. The summed E-state index contributed by atoms with van der Waals surface area (Å²) in [6.45, 7) is 0. The summed E-state index contributed by atoms with van der Waals surface area (Å²) in [5.74, 6) is -0.553. The van der Waals surface area contributed by atoms with Gasteiger partial charge < -0.3 is 0 Å². The summed E-state index contributed by atoms with van der Waals surface area (Å²) in [6, 6.07) is 13.5. The lowest BCUT2D eigenvalue weighted by atomic mass is 10.0. The Labute approximate surface area is 121 Å². The highest BCUT2D eigenvalue weighted by molar-refractivity contribution is 5.64. The van der Waals surface area contributed by atoms with Gasteiger partial charge in [-0.3, -0.25) is 0 Å². The van der Waals surface area contributed by atoms with Crippen LogP contribution in [0.5, 0.6) is 0 Å². The number of allylic oxidation sites excluding steroid dienone is 1. The van der Waals surface area contributed by atoms with Crippen LogP contribution in [0, 0.1) is 17.1 Å². The molecule has 0 fully saturated rings. The number of benzene rings is 2. The van der Waals surface area contributed by atoms with E-state index in [1.54, 1.807) is 12.1 Å². The topological polar surface area (TPSA) is 23.8 Å². The molecule has 0 saturated heterocycles. The van der Waals surface area contributed by atoms with Crippen molar-refractivity contribution >= 4 is 0 Å². The first-order valence-electron chi connectivity index (χ1n) is 6.40. The van der Waals surface area contributed by atoms with E-state index in [0.717, 1.165) is 17.2 Å². The molecule has 2 rings (SSSR count). The standard InChI is InChI=1S/C17H12F3N/c18-16-10-14(8-9-15(16)11-21)13-6-4-12(5-7-13)2-1-3-17(19)20/h3-10H,1-2H2. The van der Waals surface area contributed by atoms with E-state index >= 15 is 0 Å². The molecule has 0 aliphatic carbocycles. The second-order valence-corrected chi connectivity index (χ2v) is 4.54. The van der Waals surface area contributed by atoms with E-state index in [1.807, 2.05) is 24.3 Å². The van der Waals surface area contributed by atoms with Gasteiger partial charge >= 0.3 is 0 Å². The summed E-state index contributed by atoms with van der Waals surface area (Å²) >= 11 is 0. The van der Waals surface area contributed by atoms with E-state index in [-0.39, 0.29) is 12.0 Å². The van der Waals surface area contributed by atoms with Crippen molar-refractivity contribution in [1.82, 2.24) is 0 Å². The molecule has 2 aromatic carbocycles. The lowest BCUT2D eigenvalue weighted by molar-refractivity contribution is 0.417. The molecule has 0 heterocycles. The third kappa shape index (κ3) is 3.96. The minimum Gasteiger partial charge on any atom is -0.206 e. The number of nitrogens with zero attached hydrogens (tertiary/aromatic N) is 1. The molecule has 0 unspecified atom stereocenters. The summed E-state index contributed by atoms with van der Waals surface area (Å²) in [5, 5.41) is 8.69. The van der Waals surface area contributed by atoms with Gasteiger partial charge in [0.1, 0.15) is 11.9 Å². The molecule has 2 aromatic rings. The van der Waals surface area contributed by atoms with Gasteiger partial charge in [0.2, 0.25) is 0 Å². The zero-order chi connectivity index (χ0) is 15.2. The van der Waals surface area contributed by atoms with Gasteiger partial charge in [-0.05, 0) is 47.7 Å². The highest BCUT2D eigenvalue weighted by atomic mass is 19.3. The van der Waals surface area contributed by atoms with Crippen LogP contribution in [0.25, 0.3) is 11.1 Å². The fourth-order valence-corrected chi connectivity index (χ4v) is 2.00. The van der Waals surface area contributed by atoms with Gasteiger partial charge in [0.05, 0.1) is 5.56 Å². The number of nitriles is 1. The molecular weight excluding hydrogens is 275 g/mol. The maximum absolute atomic E-state index is 13.6. The van der Waals surface area contributed by atoms with Gasteiger partial charge in [-0.1, -0.05) is 30.3 Å². The molecule has 0 saturated carbocycles. The van der Waals surface area contributed by atoms with Crippen LogP contribution >= 0.6 is 0 Å². The fourth-order valence-electron chi connectivity index (χ4n) is 2.00. The first-order chi connectivity index (χ1) is 10.1. The van der Waals surface area contributed by atoms with Gasteiger partial charge in [0.25, 0.3) is 6.08 Å². The van der Waals surface area contributed by atoms with E-state index in [4.69, 9.17) is 5.26 Å². The molecule has 0 spiro atoms. The van der Waals surface area contributed by atoms with Gasteiger partial charge in [0.15, 0.2) is 0 Å². The Bertz CT molecular complexity index is 693. The largest absolute Gasteiger partial charge is 0.266 e. The van der Waals surface area contributed by atoms with E-state index in [9.17, 15) is 13.2 Å². The number of hydrogen-bond acceptors (Lipinski definition) is 1. The van der Waals surface area contributed by atoms with Crippen molar-refractivity contribution in [3.05, 3.63) is 71.6 Å². The molecule has 4 heteroatoms. The average molecular weight is 287 g/mol.